The summed E-state index contributed by atoms with van der Waals surface area (Å²) in [6, 6.07) is 10.7. The minimum absolute atomic E-state index is 0.0293. The first kappa shape index (κ1) is 25.6. The Labute approximate surface area is 200 Å². The number of carbonyl (C=O) groups excluding carboxylic acids is 2. The zero-order valence-electron chi connectivity index (χ0n) is 19.4. The lowest BCUT2D eigenvalue weighted by molar-refractivity contribution is -0.145. The van der Waals surface area contributed by atoms with Gasteiger partial charge in [0, 0.05) is 25.2 Å². The smallest absolute Gasteiger partial charge is 0.326 e. The number of carbonyl (C=O) groups is 2. The summed E-state index contributed by atoms with van der Waals surface area (Å²) in [7, 11) is -3.94. The highest BCUT2D eigenvalue weighted by atomic mass is 32.2. The number of ether oxygens (including phenoxy) is 1. The van der Waals surface area contributed by atoms with Crippen LogP contribution in [0.4, 0.5) is 5.82 Å². The SMILES string of the molecule is CCOC(=O)C(CNC(=O)CCCCc1ccc2c(n1)NCCC2)NS(=O)(=O)c1ccccc1. The molecule has 184 valence electrons. The van der Waals surface area contributed by atoms with Crippen molar-refractivity contribution in [3.8, 4) is 0 Å². The van der Waals surface area contributed by atoms with E-state index in [-0.39, 0.29) is 30.4 Å². The van der Waals surface area contributed by atoms with E-state index in [1.54, 1.807) is 25.1 Å². The number of unbranched alkanes of at least 4 members (excludes halogenated alkanes) is 1. The molecule has 1 amide bonds. The van der Waals surface area contributed by atoms with Crippen molar-refractivity contribution < 1.29 is 22.7 Å². The molecular formula is C24H32N4O5S. The largest absolute Gasteiger partial charge is 0.465 e. The van der Waals surface area contributed by atoms with Gasteiger partial charge in [0.1, 0.15) is 11.9 Å². The molecule has 2 heterocycles. The molecule has 0 fully saturated rings. The van der Waals surface area contributed by atoms with E-state index in [9.17, 15) is 18.0 Å². The van der Waals surface area contributed by atoms with Crippen molar-refractivity contribution in [1.82, 2.24) is 15.0 Å². The number of hydrogen-bond acceptors (Lipinski definition) is 7. The molecule has 1 aromatic carbocycles. The molecule has 1 aliphatic rings. The fourth-order valence-electron chi connectivity index (χ4n) is 3.67. The van der Waals surface area contributed by atoms with Crippen LogP contribution in [0.2, 0.25) is 0 Å². The average Bonchev–Trinajstić information content (AvgIpc) is 2.85. The number of aromatic nitrogens is 1. The molecule has 1 aliphatic heterocycles. The number of esters is 1. The Morgan fingerprint density at radius 1 is 1.15 bits per heavy atom. The standard InChI is InChI=1S/C24H32N4O5S/c1-2-33-24(30)21(28-34(31,32)20-11-4-3-5-12-20)17-26-22(29)13-7-6-10-19-15-14-18-9-8-16-25-23(18)27-19/h3-5,11-12,14-15,21,28H,2,6-10,13,16-17H2,1H3,(H,25,27)(H,26,29). The van der Waals surface area contributed by atoms with E-state index in [4.69, 9.17) is 4.74 Å². The van der Waals surface area contributed by atoms with Crippen LogP contribution in [0.3, 0.4) is 0 Å². The lowest BCUT2D eigenvalue weighted by Crippen LogP contribution is -2.49. The maximum atomic E-state index is 12.6. The molecule has 2 aromatic rings. The summed E-state index contributed by atoms with van der Waals surface area (Å²) in [5.41, 5.74) is 2.24. The number of fused-ring (bicyclic) bond motifs is 1. The monoisotopic (exact) mass is 488 g/mol. The number of amides is 1. The zero-order valence-corrected chi connectivity index (χ0v) is 20.2. The van der Waals surface area contributed by atoms with Crippen molar-refractivity contribution in [1.29, 1.82) is 0 Å². The maximum absolute atomic E-state index is 12.6. The fraction of sp³-hybridized carbons (Fsp3) is 0.458. The predicted molar refractivity (Wildman–Crippen MR) is 129 cm³/mol. The summed E-state index contributed by atoms with van der Waals surface area (Å²) < 4.78 is 32.5. The number of anilines is 1. The molecule has 0 bridgehead atoms. The third-order valence-corrected chi connectivity index (χ3v) is 6.95. The molecule has 10 heteroatoms. The molecule has 3 rings (SSSR count). The molecule has 3 N–H and O–H groups in total. The van der Waals surface area contributed by atoms with Crippen LogP contribution in [-0.4, -0.2) is 51.0 Å². The first-order chi connectivity index (χ1) is 16.4. The van der Waals surface area contributed by atoms with Gasteiger partial charge >= 0.3 is 5.97 Å². The van der Waals surface area contributed by atoms with Crippen LogP contribution in [0.1, 0.15) is 43.9 Å². The third kappa shape index (κ3) is 7.53. The van der Waals surface area contributed by atoms with Gasteiger partial charge in [-0.05, 0) is 62.8 Å². The molecule has 1 aromatic heterocycles. The fourth-order valence-corrected chi connectivity index (χ4v) is 4.88. The summed E-state index contributed by atoms with van der Waals surface area (Å²) in [6.45, 7) is 2.48. The number of nitrogens with one attached hydrogen (secondary N) is 3. The second-order valence-corrected chi connectivity index (χ2v) is 9.80. The van der Waals surface area contributed by atoms with Gasteiger partial charge in [0.15, 0.2) is 0 Å². The Morgan fingerprint density at radius 3 is 2.71 bits per heavy atom. The van der Waals surface area contributed by atoms with E-state index in [1.807, 2.05) is 6.07 Å². The van der Waals surface area contributed by atoms with Crippen LogP contribution in [0.5, 0.6) is 0 Å². The van der Waals surface area contributed by atoms with Crippen molar-refractivity contribution in [3.63, 3.8) is 0 Å². The summed E-state index contributed by atoms with van der Waals surface area (Å²) in [4.78, 5) is 29.3. The predicted octanol–water partition coefficient (Wildman–Crippen LogP) is 2.18. The number of aryl methyl sites for hydroxylation is 2. The Balaban J connectivity index is 1.46. The number of rotatable bonds is 12. The molecule has 9 nitrogen and oxygen atoms in total. The molecule has 1 unspecified atom stereocenters. The lowest BCUT2D eigenvalue weighted by atomic mass is 10.1. The number of benzene rings is 1. The molecule has 34 heavy (non-hydrogen) atoms. The van der Waals surface area contributed by atoms with Crippen LogP contribution in [0, 0.1) is 0 Å². The Morgan fingerprint density at radius 2 is 1.94 bits per heavy atom. The summed E-state index contributed by atoms with van der Waals surface area (Å²) >= 11 is 0. The quantitative estimate of drug-likeness (QED) is 0.309. The first-order valence-electron chi connectivity index (χ1n) is 11.6. The molecule has 0 aliphatic carbocycles. The summed E-state index contributed by atoms with van der Waals surface area (Å²) in [6.07, 6.45) is 4.64. The lowest BCUT2D eigenvalue weighted by Gasteiger charge is -2.18. The van der Waals surface area contributed by atoms with Gasteiger partial charge in [-0.25, -0.2) is 13.4 Å². The molecular weight excluding hydrogens is 456 g/mol. The van der Waals surface area contributed by atoms with E-state index >= 15 is 0 Å². The van der Waals surface area contributed by atoms with Crippen molar-refractivity contribution in [2.75, 3.05) is 25.0 Å². The highest BCUT2D eigenvalue weighted by molar-refractivity contribution is 7.89. The van der Waals surface area contributed by atoms with Crippen molar-refractivity contribution in [2.24, 2.45) is 0 Å². The maximum Gasteiger partial charge on any atom is 0.326 e. The van der Waals surface area contributed by atoms with Gasteiger partial charge in [-0.15, -0.1) is 0 Å². The van der Waals surface area contributed by atoms with Gasteiger partial charge in [-0.2, -0.15) is 4.72 Å². The van der Waals surface area contributed by atoms with Crippen LogP contribution in [0.15, 0.2) is 47.4 Å². The Hall–Kier alpha value is -2.98. The van der Waals surface area contributed by atoms with Gasteiger partial charge in [0.25, 0.3) is 0 Å². The molecule has 1 atom stereocenters. The van der Waals surface area contributed by atoms with Crippen LogP contribution < -0.4 is 15.4 Å². The van der Waals surface area contributed by atoms with E-state index < -0.39 is 22.0 Å². The second-order valence-electron chi connectivity index (χ2n) is 8.09. The van der Waals surface area contributed by atoms with Gasteiger partial charge in [-0.3, -0.25) is 9.59 Å². The molecule has 0 radical (unpaired) electrons. The highest BCUT2D eigenvalue weighted by Crippen LogP contribution is 2.20. The Bertz CT molecular complexity index is 1080. The minimum atomic E-state index is -3.94. The third-order valence-electron chi connectivity index (χ3n) is 5.46. The topological polar surface area (TPSA) is 126 Å². The van der Waals surface area contributed by atoms with Crippen LogP contribution >= 0.6 is 0 Å². The summed E-state index contributed by atoms with van der Waals surface area (Å²) in [5.74, 6) is -0.0351. The van der Waals surface area contributed by atoms with Gasteiger partial charge in [0.05, 0.1) is 11.5 Å². The minimum Gasteiger partial charge on any atom is -0.465 e. The molecule has 0 saturated heterocycles. The van der Waals surface area contributed by atoms with Crippen LogP contribution in [-0.2, 0) is 37.2 Å². The van der Waals surface area contributed by atoms with Gasteiger partial charge in [-0.1, -0.05) is 24.3 Å². The molecule has 0 saturated carbocycles. The van der Waals surface area contributed by atoms with E-state index in [2.05, 4.69) is 26.4 Å². The van der Waals surface area contributed by atoms with Crippen molar-refractivity contribution in [3.05, 3.63) is 53.7 Å². The average molecular weight is 489 g/mol. The zero-order chi connectivity index (χ0) is 24.4. The van der Waals surface area contributed by atoms with E-state index in [0.29, 0.717) is 6.42 Å². The number of hydrogen-bond donors (Lipinski definition) is 3. The summed E-state index contributed by atoms with van der Waals surface area (Å²) in [5, 5.41) is 5.97. The van der Waals surface area contributed by atoms with Crippen molar-refractivity contribution in [2.45, 2.75) is 56.4 Å². The van der Waals surface area contributed by atoms with Gasteiger partial charge in [0.2, 0.25) is 15.9 Å². The van der Waals surface area contributed by atoms with Crippen LogP contribution in [0.25, 0.3) is 0 Å². The van der Waals surface area contributed by atoms with E-state index in [1.165, 1.54) is 17.7 Å². The number of sulfonamides is 1. The number of pyridine rings is 1. The first-order valence-corrected chi connectivity index (χ1v) is 13.1. The second kappa shape index (κ2) is 12.5. The van der Waals surface area contributed by atoms with E-state index in [0.717, 1.165) is 43.7 Å². The normalized spacial score (nSPS) is 13.9. The van der Waals surface area contributed by atoms with Gasteiger partial charge < -0.3 is 15.4 Å². The molecule has 0 spiro atoms. The van der Waals surface area contributed by atoms with Crippen molar-refractivity contribution >= 4 is 27.7 Å². The Kier molecular flexibility index (Phi) is 9.41. The highest BCUT2D eigenvalue weighted by Gasteiger charge is 2.27. The number of nitrogens with zero attached hydrogens (tertiary/aromatic N) is 1.